The average Bonchev–Trinajstić information content (AvgIpc) is 2.88. The minimum atomic E-state index is -2.81. The molecule has 0 amide bonds. The van der Waals surface area contributed by atoms with E-state index in [-0.39, 0.29) is 11.8 Å². The number of benzene rings is 1. The molecule has 0 saturated heterocycles. The van der Waals surface area contributed by atoms with E-state index in [1.807, 2.05) is 17.5 Å². The van der Waals surface area contributed by atoms with Crippen LogP contribution in [-0.2, 0) is 6.42 Å². The molecule has 0 saturated carbocycles. The molecule has 1 aromatic heterocycles. The Balaban J connectivity index is 1.96. The van der Waals surface area contributed by atoms with Crippen LogP contribution in [0.25, 0.3) is 0 Å². The lowest BCUT2D eigenvalue weighted by Gasteiger charge is -2.13. The molecule has 1 heterocycles. The van der Waals surface area contributed by atoms with Crippen LogP contribution in [0.4, 0.5) is 8.78 Å². The lowest BCUT2D eigenvalue weighted by atomic mass is 10.0. The number of halogens is 2. The van der Waals surface area contributed by atoms with Gasteiger partial charge in [0.1, 0.15) is 5.75 Å². The van der Waals surface area contributed by atoms with Gasteiger partial charge in [0, 0.05) is 10.9 Å². The Morgan fingerprint density at radius 3 is 2.74 bits per heavy atom. The van der Waals surface area contributed by atoms with Gasteiger partial charge in [0.15, 0.2) is 0 Å². The van der Waals surface area contributed by atoms with Gasteiger partial charge in [-0.05, 0) is 42.0 Å². The zero-order valence-corrected chi connectivity index (χ0v) is 11.1. The fraction of sp³-hybridized carbons (Fsp3) is 0.286. The van der Waals surface area contributed by atoms with Crippen LogP contribution >= 0.6 is 11.3 Å². The summed E-state index contributed by atoms with van der Waals surface area (Å²) in [6.45, 7) is -2.81. The van der Waals surface area contributed by atoms with E-state index in [1.165, 1.54) is 10.9 Å². The van der Waals surface area contributed by atoms with E-state index < -0.39 is 6.61 Å². The Labute approximate surface area is 114 Å². The SMILES string of the molecule is NC(CCc1cccs1)c1cccc(OC(F)F)c1. The molecule has 0 aliphatic heterocycles. The molecular formula is C14H15F2NOS. The number of hydrogen-bond donors (Lipinski definition) is 1. The van der Waals surface area contributed by atoms with Crippen molar-refractivity contribution in [2.24, 2.45) is 5.73 Å². The average molecular weight is 283 g/mol. The normalized spacial score (nSPS) is 12.6. The maximum atomic E-state index is 12.1. The molecule has 0 aliphatic carbocycles. The summed E-state index contributed by atoms with van der Waals surface area (Å²) in [5.74, 6) is 0.152. The molecule has 0 spiro atoms. The molecule has 2 N–H and O–H groups in total. The summed E-state index contributed by atoms with van der Waals surface area (Å²) in [5.41, 5.74) is 6.89. The summed E-state index contributed by atoms with van der Waals surface area (Å²) in [6, 6.07) is 10.5. The Bertz CT molecular complexity index is 502. The molecule has 2 aromatic rings. The van der Waals surface area contributed by atoms with Crippen molar-refractivity contribution in [2.75, 3.05) is 0 Å². The van der Waals surface area contributed by atoms with Crippen molar-refractivity contribution in [3.05, 3.63) is 52.2 Å². The van der Waals surface area contributed by atoms with E-state index in [9.17, 15) is 8.78 Å². The van der Waals surface area contributed by atoms with Gasteiger partial charge in [-0.2, -0.15) is 8.78 Å². The first-order valence-electron chi connectivity index (χ1n) is 5.98. The third-order valence-corrected chi connectivity index (χ3v) is 3.73. The van der Waals surface area contributed by atoms with Crippen molar-refractivity contribution in [3.8, 4) is 5.75 Å². The zero-order valence-electron chi connectivity index (χ0n) is 10.3. The second kappa shape index (κ2) is 6.63. The Kier molecular flexibility index (Phi) is 4.87. The summed E-state index contributed by atoms with van der Waals surface area (Å²) < 4.78 is 28.6. The quantitative estimate of drug-likeness (QED) is 0.870. The number of alkyl halides is 2. The van der Waals surface area contributed by atoms with Gasteiger partial charge >= 0.3 is 6.61 Å². The van der Waals surface area contributed by atoms with Gasteiger partial charge in [-0.1, -0.05) is 18.2 Å². The largest absolute Gasteiger partial charge is 0.435 e. The Morgan fingerprint density at radius 1 is 1.21 bits per heavy atom. The van der Waals surface area contributed by atoms with Crippen LogP contribution in [-0.4, -0.2) is 6.61 Å². The van der Waals surface area contributed by atoms with Crippen molar-refractivity contribution in [1.82, 2.24) is 0 Å². The number of ether oxygens (including phenoxy) is 1. The van der Waals surface area contributed by atoms with Crippen molar-refractivity contribution >= 4 is 11.3 Å². The van der Waals surface area contributed by atoms with Crippen LogP contribution < -0.4 is 10.5 Å². The third-order valence-electron chi connectivity index (χ3n) is 2.79. The van der Waals surface area contributed by atoms with Gasteiger partial charge in [-0.3, -0.25) is 0 Å². The highest BCUT2D eigenvalue weighted by atomic mass is 32.1. The fourth-order valence-corrected chi connectivity index (χ4v) is 2.57. The monoisotopic (exact) mass is 283 g/mol. The van der Waals surface area contributed by atoms with Crippen molar-refractivity contribution in [1.29, 1.82) is 0 Å². The summed E-state index contributed by atoms with van der Waals surface area (Å²) in [4.78, 5) is 1.27. The van der Waals surface area contributed by atoms with Gasteiger partial charge in [0.25, 0.3) is 0 Å². The number of hydrogen-bond acceptors (Lipinski definition) is 3. The van der Waals surface area contributed by atoms with Crippen LogP contribution in [0.1, 0.15) is 22.9 Å². The molecule has 19 heavy (non-hydrogen) atoms. The molecule has 1 aromatic carbocycles. The minimum absolute atomic E-state index is 0.152. The van der Waals surface area contributed by atoms with E-state index in [4.69, 9.17) is 5.73 Å². The zero-order chi connectivity index (χ0) is 13.7. The number of rotatable bonds is 6. The molecule has 2 rings (SSSR count). The second-order valence-electron chi connectivity index (χ2n) is 4.18. The van der Waals surface area contributed by atoms with E-state index >= 15 is 0 Å². The van der Waals surface area contributed by atoms with E-state index in [2.05, 4.69) is 10.8 Å². The lowest BCUT2D eigenvalue weighted by Crippen LogP contribution is -2.11. The molecule has 1 unspecified atom stereocenters. The second-order valence-corrected chi connectivity index (χ2v) is 5.21. The lowest BCUT2D eigenvalue weighted by molar-refractivity contribution is -0.0499. The van der Waals surface area contributed by atoms with Crippen LogP contribution in [0.15, 0.2) is 41.8 Å². The standard InChI is InChI=1S/C14H15F2NOS/c15-14(16)18-11-4-1-3-10(9-11)13(17)7-6-12-5-2-8-19-12/h1-5,8-9,13-14H,6-7,17H2. The van der Waals surface area contributed by atoms with Gasteiger partial charge in [-0.15, -0.1) is 11.3 Å². The summed E-state index contributed by atoms with van der Waals surface area (Å²) >= 11 is 1.69. The molecular weight excluding hydrogens is 268 g/mol. The topological polar surface area (TPSA) is 35.2 Å². The molecule has 0 radical (unpaired) electrons. The summed E-state index contributed by atoms with van der Waals surface area (Å²) in [7, 11) is 0. The molecule has 5 heteroatoms. The van der Waals surface area contributed by atoms with E-state index in [0.29, 0.717) is 0 Å². The smallest absolute Gasteiger partial charge is 0.387 e. The van der Waals surface area contributed by atoms with Crippen LogP contribution in [0, 0.1) is 0 Å². The van der Waals surface area contributed by atoms with Crippen LogP contribution in [0.5, 0.6) is 5.75 Å². The van der Waals surface area contributed by atoms with E-state index in [1.54, 1.807) is 23.5 Å². The predicted molar refractivity (Wildman–Crippen MR) is 72.6 cm³/mol. The number of nitrogens with two attached hydrogens (primary N) is 1. The van der Waals surface area contributed by atoms with Gasteiger partial charge in [0.2, 0.25) is 0 Å². The predicted octanol–water partition coefficient (Wildman–Crippen LogP) is 3.98. The number of aryl methyl sites for hydroxylation is 1. The fourth-order valence-electron chi connectivity index (χ4n) is 1.84. The summed E-state index contributed by atoms with van der Waals surface area (Å²) in [5, 5.41) is 2.03. The minimum Gasteiger partial charge on any atom is -0.435 e. The van der Waals surface area contributed by atoms with Gasteiger partial charge in [-0.25, -0.2) is 0 Å². The van der Waals surface area contributed by atoms with Gasteiger partial charge in [0.05, 0.1) is 0 Å². The van der Waals surface area contributed by atoms with Crippen molar-refractivity contribution in [3.63, 3.8) is 0 Å². The molecule has 2 nitrogen and oxygen atoms in total. The Morgan fingerprint density at radius 2 is 2.05 bits per heavy atom. The van der Waals surface area contributed by atoms with Crippen LogP contribution in [0.3, 0.4) is 0 Å². The van der Waals surface area contributed by atoms with E-state index in [0.717, 1.165) is 18.4 Å². The molecule has 0 aliphatic rings. The van der Waals surface area contributed by atoms with Crippen molar-refractivity contribution in [2.45, 2.75) is 25.5 Å². The molecule has 0 bridgehead atoms. The molecule has 1 atom stereocenters. The first-order chi connectivity index (χ1) is 9.15. The highest BCUT2D eigenvalue weighted by molar-refractivity contribution is 7.09. The van der Waals surface area contributed by atoms with Crippen molar-refractivity contribution < 1.29 is 13.5 Å². The summed E-state index contributed by atoms with van der Waals surface area (Å²) in [6.07, 6.45) is 1.66. The molecule has 0 fully saturated rings. The highest BCUT2D eigenvalue weighted by Crippen LogP contribution is 2.23. The first-order valence-corrected chi connectivity index (χ1v) is 6.86. The third kappa shape index (κ3) is 4.29. The first kappa shape index (κ1) is 14.0. The highest BCUT2D eigenvalue weighted by Gasteiger charge is 2.10. The molecule has 102 valence electrons. The Hall–Kier alpha value is -1.46. The maximum Gasteiger partial charge on any atom is 0.387 e. The number of thiophene rings is 1. The van der Waals surface area contributed by atoms with Crippen LogP contribution in [0.2, 0.25) is 0 Å². The van der Waals surface area contributed by atoms with Gasteiger partial charge < -0.3 is 10.5 Å². The maximum absolute atomic E-state index is 12.1.